The van der Waals surface area contributed by atoms with Crippen molar-refractivity contribution in [1.82, 2.24) is 35.1 Å². The van der Waals surface area contributed by atoms with Crippen LogP contribution in [0.5, 0.6) is 0 Å². The zero-order valence-corrected chi connectivity index (χ0v) is 66.2. The van der Waals surface area contributed by atoms with Crippen molar-refractivity contribution in [3.05, 3.63) is 229 Å². The number of carboxylic acid groups (broad SMARTS) is 1. The number of ether oxygens (including phenoxy) is 1. The molecule has 0 bridgehead atoms. The van der Waals surface area contributed by atoms with E-state index in [9.17, 15) is 24.0 Å². The number of piperidine rings is 5. The Labute approximate surface area is 653 Å². The van der Waals surface area contributed by atoms with E-state index in [1.807, 2.05) is 20.8 Å². The van der Waals surface area contributed by atoms with Gasteiger partial charge in [0.2, 0.25) is 18.7 Å². The van der Waals surface area contributed by atoms with Crippen LogP contribution in [-0.4, -0.2) is 176 Å². The van der Waals surface area contributed by atoms with Crippen molar-refractivity contribution in [2.24, 2.45) is 17.6 Å². The molecule has 5 heterocycles. The standard InChI is InChI=1S/C29H33N3O2.C27H32N2O2.C22H24N2.C7H11NO3.CHClS.CH4.ClH.W/c33-21-32-18-13-25(14-19-32)29(34)30-15-20-31-16-11-24(12-17-31)28-26-7-3-1-5-22(26)9-10-23-6-2-4-8-27(23)28;1-27(2,3)31-26(30)28-16-19-29-17-14-22(15-18-29)25-23-10-6-4-8-20(23)12-13-21-9-5-7-11-24(21)25;23-13-16-24-14-11-19(12-15-24)22-20-7-3-1-5-17(20)9-10-18-6-2-4-8-21(18)22;9-5-8-3-1-6(2-4-8)7(10)11;2-1-3;;;/h1-10,21,25H,11-20H2,(H,30,34);4-13H,14-19H2,1-3H3,(H,28,30);1-10H,11-16,23H2;5-6H,1-4H2,(H,10,11);1H;1H4;1H;. The quantitative estimate of drug-likeness (QED) is 0.0519. The van der Waals surface area contributed by atoms with Gasteiger partial charge in [0.1, 0.15) is 5.60 Å². The molecule has 5 N–H and O–H groups in total. The first-order chi connectivity index (χ1) is 50.6. The number of hydrogen-bond donors (Lipinski definition) is 4. The smallest absolute Gasteiger partial charge is 0.306 e. The van der Waals surface area contributed by atoms with Crippen LogP contribution in [0, 0.1) is 11.8 Å². The molecule has 19 heteroatoms. The molecule has 15 nitrogen and oxygen atoms in total. The first-order valence-corrected chi connectivity index (χ1v) is 41.7. The molecule has 0 spiro atoms. The van der Waals surface area contributed by atoms with Crippen molar-refractivity contribution >= 4 is 121 Å². The molecule has 14 rings (SSSR count). The molecule has 3 aliphatic carbocycles. The molecule has 5 aliphatic heterocycles. The van der Waals surface area contributed by atoms with Crippen molar-refractivity contribution in [2.45, 2.75) is 98.0 Å². The van der Waals surface area contributed by atoms with Gasteiger partial charge in [0, 0.05) is 111 Å². The third-order valence-corrected chi connectivity index (χ3v) is 23.2. The van der Waals surface area contributed by atoms with Crippen LogP contribution in [0.3, 0.4) is 0 Å². The van der Waals surface area contributed by atoms with E-state index in [0.29, 0.717) is 52.1 Å². The summed E-state index contributed by atoms with van der Waals surface area (Å²) in [6.45, 7) is 19.3. The summed E-state index contributed by atoms with van der Waals surface area (Å²) in [7, 11) is 1.58. The van der Waals surface area contributed by atoms with Gasteiger partial charge in [-0.25, -0.2) is 4.79 Å². The number of nitrogens with two attached hydrogens (primary N) is 1. The maximum Gasteiger partial charge on any atom is 0.306 e. The fourth-order valence-corrected chi connectivity index (χ4v) is 15.0. The monoisotopic (exact) mass is 1660 g/mol. The third-order valence-electron chi connectivity index (χ3n) is 20.5. The number of likely N-dealkylation sites (tertiary alicyclic amines) is 5. The minimum Gasteiger partial charge on any atom is -0.481 e. The van der Waals surface area contributed by atoms with Crippen LogP contribution in [0.2, 0.25) is 0 Å². The van der Waals surface area contributed by atoms with E-state index in [4.69, 9.17) is 27.2 Å². The van der Waals surface area contributed by atoms with Crippen LogP contribution in [0.1, 0.15) is 159 Å². The van der Waals surface area contributed by atoms with Crippen molar-refractivity contribution in [1.29, 1.82) is 0 Å². The zero-order chi connectivity index (χ0) is 73.2. The summed E-state index contributed by atoms with van der Waals surface area (Å²) >= 11 is 6.48. The van der Waals surface area contributed by atoms with Crippen LogP contribution in [0.4, 0.5) is 4.79 Å². The molecule has 0 saturated carbocycles. The molecule has 0 unspecified atom stereocenters. The van der Waals surface area contributed by atoms with Gasteiger partial charge in [-0.15, -0.1) is 12.4 Å². The van der Waals surface area contributed by atoms with Gasteiger partial charge in [-0.3, -0.25) is 19.2 Å². The van der Waals surface area contributed by atoms with Gasteiger partial charge in [0.05, 0.1) is 5.92 Å². The number of benzene rings is 6. The molecule has 5 fully saturated rings. The molecule has 562 valence electrons. The number of nitrogens with zero attached hydrogens (tertiary/aromatic N) is 5. The molecule has 5 saturated heterocycles. The number of carboxylic acids is 1. The normalized spacial score (nSPS) is 17.0. The summed E-state index contributed by atoms with van der Waals surface area (Å²) in [4.78, 5) is 68.2. The zero-order valence-electron chi connectivity index (χ0n) is 60.9. The fraction of sp³-hybridized carbons (Fsp3) is 0.379. The number of amides is 4. The molecular formula is C87H106Cl2N8O7SW. The maximum absolute atomic E-state index is 12.5. The molecule has 0 aromatic heterocycles. The van der Waals surface area contributed by atoms with Crippen molar-refractivity contribution in [3.8, 4) is 0 Å². The van der Waals surface area contributed by atoms with Gasteiger partial charge in [0.15, 0.2) is 0 Å². The van der Waals surface area contributed by atoms with Gasteiger partial charge in [-0.1, -0.05) is 206 Å². The SMILES string of the molecule is C.CC(C)(C)OC(=O)NCCN1CCC(=C2c3ccccc3C=Cc3ccccc32)CC1.Cl.ClC=[S]=[W].NCCN1CCC(=C2c3ccccc3C=Cc3ccccc32)CC1.O=CN1CCC(C(=O)NCCN2CCC(=C3c4ccccc4C=Cc4ccccc43)CC2)CC1.O=CN1CCC(C(=O)O)CC1. The van der Waals surface area contributed by atoms with Crippen LogP contribution in [0.15, 0.2) is 162 Å². The number of fused-ring (bicyclic) bond motifs is 6. The average molecular weight is 1660 g/mol. The molecule has 6 aromatic carbocycles. The Morgan fingerprint density at radius 1 is 0.491 bits per heavy atom. The van der Waals surface area contributed by atoms with Gasteiger partial charge in [0.25, 0.3) is 0 Å². The molecule has 8 aliphatic rings. The largest absolute Gasteiger partial charge is 0.481 e. The van der Waals surface area contributed by atoms with E-state index in [2.05, 4.69) is 207 Å². The summed E-state index contributed by atoms with van der Waals surface area (Å²) in [6, 6.07) is 52.4. The van der Waals surface area contributed by atoms with E-state index in [-0.39, 0.29) is 43.7 Å². The maximum atomic E-state index is 12.5. The summed E-state index contributed by atoms with van der Waals surface area (Å²) in [5.74, 6) is -0.802. The second-order valence-corrected chi connectivity index (χ2v) is 31.3. The van der Waals surface area contributed by atoms with Crippen LogP contribution < -0.4 is 16.4 Å². The first-order valence-electron chi connectivity index (χ1n) is 36.9. The van der Waals surface area contributed by atoms with Crippen molar-refractivity contribution < 1.29 is 51.8 Å². The number of alkyl carbamates (subject to hydrolysis) is 1. The van der Waals surface area contributed by atoms with Crippen molar-refractivity contribution in [3.63, 3.8) is 0 Å². The number of halogens is 2. The number of hydrogen-bond acceptors (Lipinski definition) is 10. The Balaban J connectivity index is 0.000000183. The topological polar surface area (TPSA) is 181 Å². The number of carbonyl (C=O) groups excluding carboxylic acids is 4. The number of rotatable bonds is 12. The fourth-order valence-electron chi connectivity index (χ4n) is 15.0. The van der Waals surface area contributed by atoms with Gasteiger partial charge in [-0.05, 0) is 168 Å². The molecule has 106 heavy (non-hydrogen) atoms. The Hall–Kier alpha value is -7.89. The van der Waals surface area contributed by atoms with E-state index in [1.54, 1.807) is 28.7 Å². The summed E-state index contributed by atoms with van der Waals surface area (Å²) < 4.78 is 5.32. The second-order valence-electron chi connectivity index (χ2n) is 28.3. The van der Waals surface area contributed by atoms with Gasteiger partial charge >= 0.3 is 55.0 Å². The Morgan fingerprint density at radius 3 is 1.03 bits per heavy atom. The van der Waals surface area contributed by atoms with Crippen LogP contribution in [0.25, 0.3) is 53.2 Å². The van der Waals surface area contributed by atoms with E-state index in [0.717, 1.165) is 130 Å². The molecule has 0 radical (unpaired) electrons. The summed E-state index contributed by atoms with van der Waals surface area (Å²) in [5.41, 5.74) is 30.0. The Bertz CT molecular complexity index is 4030. The van der Waals surface area contributed by atoms with Gasteiger partial charge < -0.3 is 50.7 Å². The first kappa shape index (κ1) is 83.7. The summed E-state index contributed by atoms with van der Waals surface area (Å²) in [5, 5.41) is 14.6. The molecule has 0 atom stereocenters. The minimum atomic E-state index is -0.740. The third kappa shape index (κ3) is 23.6. The van der Waals surface area contributed by atoms with E-state index in [1.165, 1.54) is 113 Å². The van der Waals surface area contributed by atoms with E-state index >= 15 is 0 Å². The number of aliphatic carboxylic acids is 1. The molecule has 4 amide bonds. The molecule has 6 aromatic rings. The summed E-state index contributed by atoms with van der Waals surface area (Å²) in [6.07, 6.45) is 24.0. The molecular weight excluding hydrogens is 1560 g/mol. The minimum absolute atomic E-state index is 0. The Morgan fingerprint density at radius 2 is 0.764 bits per heavy atom. The predicted octanol–water partition coefficient (Wildman–Crippen LogP) is 15.8. The predicted molar refractivity (Wildman–Crippen MR) is 439 cm³/mol. The second kappa shape index (κ2) is 42.6. The van der Waals surface area contributed by atoms with Crippen LogP contribution in [-0.2, 0) is 41.9 Å². The van der Waals surface area contributed by atoms with Gasteiger partial charge in [-0.2, -0.15) is 0 Å². The Kier molecular flexibility index (Phi) is 33.7. The number of carbonyl (C=O) groups is 5. The van der Waals surface area contributed by atoms with Crippen LogP contribution >= 0.6 is 32.6 Å². The van der Waals surface area contributed by atoms with E-state index < -0.39 is 11.6 Å². The number of nitrogens with one attached hydrogen (secondary N) is 2. The van der Waals surface area contributed by atoms with Crippen molar-refractivity contribution in [2.75, 3.05) is 105 Å². The average Bonchev–Trinajstić information content (AvgIpc) is 1.55.